The summed E-state index contributed by atoms with van der Waals surface area (Å²) >= 11 is 0. The molecule has 1 saturated carbocycles. The van der Waals surface area contributed by atoms with Crippen molar-refractivity contribution >= 4 is 0 Å². The Balaban J connectivity index is 0.00000145. The van der Waals surface area contributed by atoms with Gasteiger partial charge in [-0.1, -0.05) is 13.8 Å². The Morgan fingerprint density at radius 3 is 1.83 bits per heavy atom. The first-order valence-electron chi connectivity index (χ1n) is 9.75. The van der Waals surface area contributed by atoms with E-state index in [0.717, 1.165) is 25.7 Å². The molecule has 0 aromatic heterocycles. The van der Waals surface area contributed by atoms with E-state index in [4.69, 9.17) is 4.74 Å². The van der Waals surface area contributed by atoms with Gasteiger partial charge >= 0.3 is 0 Å². The first-order valence-corrected chi connectivity index (χ1v) is 9.75. The molecule has 1 aliphatic carbocycles. The van der Waals surface area contributed by atoms with Gasteiger partial charge in [0.2, 0.25) is 0 Å². The largest absolute Gasteiger partial charge is 0.483 e. The van der Waals surface area contributed by atoms with Crippen LogP contribution >= 0.6 is 0 Å². The molecule has 0 amide bonds. The molecule has 7 heteroatoms. The molecular weight excluding hydrogens is 391 g/mol. The topological polar surface area (TPSA) is 29.5 Å². The number of ether oxygens (including phenoxy) is 1. The third kappa shape index (κ3) is 5.69. The standard InChI is InChI=1S/C20H19F5O2.C2H6/c21-15-5-12(6-16(22)19(15)25)10-27-20-17(23)7-14(8-18(20)24)13-3-1-11(9-26)2-4-13;1-2/h5-8,11,13,26H,1-4,9-10H2;1-2H3. The summed E-state index contributed by atoms with van der Waals surface area (Å²) in [6.45, 7) is 3.61. The van der Waals surface area contributed by atoms with Crippen molar-refractivity contribution in [1.82, 2.24) is 0 Å². The van der Waals surface area contributed by atoms with Crippen LogP contribution in [0.2, 0.25) is 0 Å². The highest BCUT2D eigenvalue weighted by molar-refractivity contribution is 5.34. The van der Waals surface area contributed by atoms with Crippen molar-refractivity contribution in [3.63, 3.8) is 0 Å². The molecule has 0 unspecified atom stereocenters. The van der Waals surface area contributed by atoms with Gasteiger partial charge in [0.15, 0.2) is 34.8 Å². The Labute approximate surface area is 167 Å². The van der Waals surface area contributed by atoms with Crippen molar-refractivity contribution in [2.45, 2.75) is 52.1 Å². The van der Waals surface area contributed by atoms with Crippen molar-refractivity contribution in [2.75, 3.05) is 6.61 Å². The second-order valence-electron chi connectivity index (χ2n) is 6.88. The first-order chi connectivity index (χ1) is 13.9. The molecule has 1 aliphatic rings. The monoisotopic (exact) mass is 416 g/mol. The van der Waals surface area contributed by atoms with Crippen LogP contribution in [0.4, 0.5) is 22.0 Å². The van der Waals surface area contributed by atoms with Gasteiger partial charge in [0.05, 0.1) is 0 Å². The molecule has 3 rings (SSSR count). The second kappa shape index (κ2) is 10.6. The third-order valence-electron chi connectivity index (χ3n) is 5.02. The zero-order valence-electron chi connectivity index (χ0n) is 16.5. The van der Waals surface area contributed by atoms with E-state index in [1.165, 1.54) is 12.1 Å². The van der Waals surface area contributed by atoms with Crippen molar-refractivity contribution in [2.24, 2.45) is 5.92 Å². The van der Waals surface area contributed by atoms with Crippen molar-refractivity contribution in [3.8, 4) is 5.75 Å². The van der Waals surface area contributed by atoms with Gasteiger partial charge < -0.3 is 9.84 Å². The highest BCUT2D eigenvalue weighted by Gasteiger charge is 2.24. The molecule has 0 atom stereocenters. The first kappa shape index (κ1) is 23.1. The van der Waals surface area contributed by atoms with Gasteiger partial charge in [-0.25, -0.2) is 22.0 Å². The van der Waals surface area contributed by atoms with E-state index >= 15 is 0 Å². The minimum atomic E-state index is -1.61. The van der Waals surface area contributed by atoms with Crippen LogP contribution in [0.1, 0.15) is 56.6 Å². The van der Waals surface area contributed by atoms with Crippen LogP contribution in [-0.2, 0) is 6.61 Å². The molecule has 0 saturated heterocycles. The number of hydrogen-bond donors (Lipinski definition) is 1. The average molecular weight is 416 g/mol. The Hall–Kier alpha value is -2.15. The maximum atomic E-state index is 14.3. The van der Waals surface area contributed by atoms with Crippen molar-refractivity contribution in [1.29, 1.82) is 0 Å². The molecule has 0 radical (unpaired) electrons. The number of benzene rings is 2. The van der Waals surface area contributed by atoms with Crippen molar-refractivity contribution < 1.29 is 31.8 Å². The maximum Gasteiger partial charge on any atom is 0.194 e. The Bertz CT molecular complexity index is 771. The van der Waals surface area contributed by atoms with Crippen LogP contribution in [0.25, 0.3) is 0 Å². The van der Waals surface area contributed by atoms with Gasteiger partial charge in [-0.15, -0.1) is 0 Å². The van der Waals surface area contributed by atoms with E-state index in [-0.39, 0.29) is 24.0 Å². The lowest BCUT2D eigenvalue weighted by molar-refractivity contribution is 0.182. The molecule has 0 heterocycles. The minimum absolute atomic E-state index is 0.00569. The lowest BCUT2D eigenvalue weighted by Gasteiger charge is -2.27. The number of hydrogen-bond acceptors (Lipinski definition) is 2. The molecule has 0 spiro atoms. The summed E-state index contributed by atoms with van der Waals surface area (Å²) in [5.41, 5.74) is 0.434. The van der Waals surface area contributed by atoms with E-state index in [9.17, 15) is 27.1 Å². The fourth-order valence-corrected chi connectivity index (χ4v) is 3.48. The minimum Gasteiger partial charge on any atom is -0.483 e. The van der Waals surface area contributed by atoms with E-state index in [1.54, 1.807) is 0 Å². The van der Waals surface area contributed by atoms with Crippen LogP contribution in [0, 0.1) is 35.0 Å². The second-order valence-corrected chi connectivity index (χ2v) is 6.88. The fourth-order valence-electron chi connectivity index (χ4n) is 3.48. The highest BCUT2D eigenvalue weighted by atomic mass is 19.2. The van der Waals surface area contributed by atoms with Crippen LogP contribution in [-0.4, -0.2) is 11.7 Å². The van der Waals surface area contributed by atoms with Gasteiger partial charge in [-0.3, -0.25) is 0 Å². The van der Waals surface area contributed by atoms with Crippen LogP contribution in [0.15, 0.2) is 24.3 Å². The van der Waals surface area contributed by atoms with Gasteiger partial charge in [-0.2, -0.15) is 0 Å². The van der Waals surface area contributed by atoms with E-state index in [1.807, 2.05) is 13.8 Å². The Morgan fingerprint density at radius 1 is 0.828 bits per heavy atom. The van der Waals surface area contributed by atoms with Gasteiger partial charge in [-0.05, 0) is 72.9 Å². The summed E-state index contributed by atoms with van der Waals surface area (Å²) in [5, 5.41) is 9.17. The molecule has 2 nitrogen and oxygen atoms in total. The maximum absolute atomic E-state index is 14.3. The van der Waals surface area contributed by atoms with Gasteiger partial charge in [0.25, 0.3) is 0 Å². The smallest absolute Gasteiger partial charge is 0.194 e. The van der Waals surface area contributed by atoms with Gasteiger partial charge in [0, 0.05) is 6.61 Å². The average Bonchev–Trinajstić information content (AvgIpc) is 2.72. The molecule has 0 bridgehead atoms. The SMILES string of the molecule is CC.OCC1CCC(c2cc(F)c(OCc3cc(F)c(F)c(F)c3)c(F)c2)CC1. The number of aliphatic hydroxyl groups excluding tert-OH is 1. The molecule has 160 valence electrons. The molecule has 2 aromatic carbocycles. The molecule has 0 aliphatic heterocycles. The zero-order chi connectivity index (χ0) is 21.6. The Kier molecular flexibility index (Phi) is 8.44. The summed E-state index contributed by atoms with van der Waals surface area (Å²) < 4.78 is 73.0. The summed E-state index contributed by atoms with van der Waals surface area (Å²) in [6, 6.07) is 3.83. The lowest BCUT2D eigenvalue weighted by atomic mass is 9.79. The molecule has 2 aromatic rings. The van der Waals surface area contributed by atoms with E-state index < -0.39 is 41.4 Å². The predicted molar refractivity (Wildman–Crippen MR) is 100 cm³/mol. The summed E-state index contributed by atoms with van der Waals surface area (Å²) in [4.78, 5) is 0. The van der Waals surface area contributed by atoms with E-state index in [2.05, 4.69) is 0 Å². The zero-order valence-corrected chi connectivity index (χ0v) is 16.5. The predicted octanol–water partition coefficient (Wildman–Crippen LogP) is 6.25. The Morgan fingerprint density at radius 2 is 1.34 bits per heavy atom. The van der Waals surface area contributed by atoms with Crippen LogP contribution in [0.3, 0.4) is 0 Å². The third-order valence-corrected chi connectivity index (χ3v) is 5.02. The number of halogens is 5. The highest BCUT2D eigenvalue weighted by Crippen LogP contribution is 2.37. The van der Waals surface area contributed by atoms with Crippen LogP contribution in [0.5, 0.6) is 5.75 Å². The summed E-state index contributed by atoms with van der Waals surface area (Å²) in [6.07, 6.45) is 3.06. The van der Waals surface area contributed by atoms with E-state index in [0.29, 0.717) is 17.7 Å². The lowest BCUT2D eigenvalue weighted by Crippen LogP contribution is -2.16. The number of aliphatic hydroxyl groups is 1. The fraction of sp³-hybridized carbons (Fsp3) is 0.455. The van der Waals surface area contributed by atoms with Gasteiger partial charge in [0.1, 0.15) is 6.61 Å². The number of rotatable bonds is 5. The molecular formula is C22H25F5O2. The summed E-state index contributed by atoms with van der Waals surface area (Å²) in [5.74, 6) is -6.63. The molecule has 1 N–H and O–H groups in total. The quantitative estimate of drug-likeness (QED) is 0.461. The normalized spacial score (nSPS) is 18.8. The molecule has 1 fully saturated rings. The van der Waals surface area contributed by atoms with Crippen LogP contribution < -0.4 is 4.74 Å². The van der Waals surface area contributed by atoms with Crippen molar-refractivity contribution in [3.05, 3.63) is 64.5 Å². The molecule has 29 heavy (non-hydrogen) atoms. The summed E-state index contributed by atoms with van der Waals surface area (Å²) in [7, 11) is 0.